The summed E-state index contributed by atoms with van der Waals surface area (Å²) in [6.45, 7) is 0. The van der Waals surface area contributed by atoms with Gasteiger partial charge in [-0.05, 0) is 54.1 Å². The number of ether oxygens (including phenoxy) is 1. The van der Waals surface area contributed by atoms with Crippen LogP contribution in [-0.4, -0.2) is 13.3 Å². The Morgan fingerprint density at radius 2 is 1.72 bits per heavy atom. The average Bonchev–Trinajstić information content (AvgIpc) is 2.42. The molecular weight excluding hydrogens is 248 g/mol. The van der Waals surface area contributed by atoms with Crippen LogP contribution in [0.15, 0.2) is 53.6 Å². The molecule has 0 unspecified atom stereocenters. The van der Waals surface area contributed by atoms with Crippen LogP contribution in [0.1, 0.15) is 5.56 Å². The number of halogens is 1. The summed E-state index contributed by atoms with van der Waals surface area (Å²) in [4.78, 5) is 0. The summed E-state index contributed by atoms with van der Waals surface area (Å²) >= 11 is 5.79. The van der Waals surface area contributed by atoms with Gasteiger partial charge in [0.25, 0.3) is 0 Å². The normalized spacial score (nSPS) is 10.6. The zero-order valence-electron chi connectivity index (χ0n) is 9.93. The highest BCUT2D eigenvalue weighted by atomic mass is 35.5. The van der Waals surface area contributed by atoms with Crippen LogP contribution in [0.4, 0.5) is 5.69 Å². The van der Waals surface area contributed by atoms with Crippen LogP contribution in [0.5, 0.6) is 5.75 Å². The van der Waals surface area contributed by atoms with Crippen LogP contribution < -0.4 is 10.2 Å². The largest absolute Gasteiger partial charge is 0.497 e. The van der Waals surface area contributed by atoms with Gasteiger partial charge in [0.05, 0.1) is 19.0 Å². The van der Waals surface area contributed by atoms with E-state index in [4.69, 9.17) is 16.3 Å². The molecule has 0 saturated carbocycles. The van der Waals surface area contributed by atoms with E-state index in [0.29, 0.717) is 5.02 Å². The lowest BCUT2D eigenvalue weighted by atomic mass is 10.2. The molecule has 0 aliphatic rings. The zero-order chi connectivity index (χ0) is 12.8. The number of benzene rings is 2. The number of rotatable bonds is 4. The fourth-order valence-corrected chi connectivity index (χ4v) is 1.52. The fraction of sp³-hybridized carbons (Fsp3) is 0.0714. The van der Waals surface area contributed by atoms with Gasteiger partial charge in [0.1, 0.15) is 5.75 Å². The van der Waals surface area contributed by atoms with Gasteiger partial charge < -0.3 is 4.74 Å². The first-order chi connectivity index (χ1) is 8.78. The molecule has 4 heteroatoms. The highest BCUT2D eigenvalue weighted by Gasteiger charge is 1.91. The van der Waals surface area contributed by atoms with Crippen molar-refractivity contribution in [3.8, 4) is 5.75 Å². The number of hydrogen-bond donors (Lipinski definition) is 1. The van der Waals surface area contributed by atoms with Gasteiger partial charge in [0, 0.05) is 5.02 Å². The molecule has 3 nitrogen and oxygen atoms in total. The van der Waals surface area contributed by atoms with E-state index >= 15 is 0 Å². The molecule has 2 aromatic rings. The van der Waals surface area contributed by atoms with E-state index in [0.717, 1.165) is 17.0 Å². The minimum absolute atomic E-state index is 0.708. The third-order valence-electron chi connectivity index (χ3n) is 2.37. The lowest BCUT2D eigenvalue weighted by Crippen LogP contribution is -1.90. The number of hydrazone groups is 1. The van der Waals surface area contributed by atoms with E-state index in [1.54, 1.807) is 13.3 Å². The molecule has 0 saturated heterocycles. The molecule has 2 rings (SSSR count). The Hall–Kier alpha value is -2.00. The molecular formula is C14H13ClN2O. The first-order valence-corrected chi connectivity index (χ1v) is 5.84. The second kappa shape index (κ2) is 6.07. The van der Waals surface area contributed by atoms with Gasteiger partial charge in [-0.3, -0.25) is 5.43 Å². The van der Waals surface area contributed by atoms with Crippen molar-refractivity contribution in [3.63, 3.8) is 0 Å². The second-order valence-electron chi connectivity index (χ2n) is 3.65. The smallest absolute Gasteiger partial charge is 0.118 e. The monoisotopic (exact) mass is 260 g/mol. The Bertz CT molecular complexity index is 520. The molecule has 0 heterocycles. The van der Waals surface area contributed by atoms with E-state index in [-0.39, 0.29) is 0 Å². The van der Waals surface area contributed by atoms with Gasteiger partial charge in [-0.2, -0.15) is 5.10 Å². The summed E-state index contributed by atoms with van der Waals surface area (Å²) in [6, 6.07) is 15.0. The van der Waals surface area contributed by atoms with Crippen LogP contribution in [0, 0.1) is 0 Å². The molecule has 0 atom stereocenters. The third kappa shape index (κ3) is 3.50. The summed E-state index contributed by atoms with van der Waals surface area (Å²) in [5.41, 5.74) is 4.82. The van der Waals surface area contributed by atoms with E-state index < -0.39 is 0 Å². The lowest BCUT2D eigenvalue weighted by Gasteiger charge is -2.00. The van der Waals surface area contributed by atoms with Crippen LogP contribution in [0.2, 0.25) is 5.02 Å². The van der Waals surface area contributed by atoms with Crippen molar-refractivity contribution in [2.75, 3.05) is 12.5 Å². The molecule has 0 bridgehead atoms. The predicted molar refractivity (Wildman–Crippen MR) is 75.7 cm³/mol. The summed E-state index contributed by atoms with van der Waals surface area (Å²) in [7, 11) is 1.64. The summed E-state index contributed by atoms with van der Waals surface area (Å²) in [5.74, 6) is 0.831. The number of hydrogen-bond acceptors (Lipinski definition) is 3. The van der Waals surface area contributed by atoms with E-state index in [2.05, 4.69) is 10.5 Å². The second-order valence-corrected chi connectivity index (χ2v) is 4.09. The van der Waals surface area contributed by atoms with Gasteiger partial charge >= 0.3 is 0 Å². The number of nitrogens with one attached hydrogen (secondary N) is 1. The molecule has 92 valence electrons. The molecule has 0 fully saturated rings. The Balaban J connectivity index is 1.96. The first-order valence-electron chi connectivity index (χ1n) is 5.46. The number of anilines is 1. The van der Waals surface area contributed by atoms with Gasteiger partial charge in [-0.1, -0.05) is 11.6 Å². The fourth-order valence-electron chi connectivity index (χ4n) is 1.40. The number of methoxy groups -OCH3 is 1. The predicted octanol–water partition coefficient (Wildman–Crippen LogP) is 3.79. The maximum absolute atomic E-state index is 5.79. The van der Waals surface area contributed by atoms with Gasteiger partial charge in [-0.15, -0.1) is 0 Å². The van der Waals surface area contributed by atoms with Crippen molar-refractivity contribution in [1.29, 1.82) is 0 Å². The molecule has 0 aliphatic carbocycles. The Morgan fingerprint density at radius 3 is 2.33 bits per heavy atom. The average molecular weight is 261 g/mol. The van der Waals surface area contributed by atoms with E-state index in [1.165, 1.54) is 0 Å². The minimum atomic E-state index is 0.708. The molecule has 0 amide bonds. The topological polar surface area (TPSA) is 33.6 Å². The molecule has 18 heavy (non-hydrogen) atoms. The van der Waals surface area contributed by atoms with Crippen molar-refractivity contribution in [2.45, 2.75) is 0 Å². The van der Waals surface area contributed by atoms with Gasteiger partial charge in [0.2, 0.25) is 0 Å². The van der Waals surface area contributed by atoms with Crippen molar-refractivity contribution in [2.24, 2.45) is 5.10 Å². The molecule has 2 aromatic carbocycles. The maximum Gasteiger partial charge on any atom is 0.118 e. The summed E-state index contributed by atoms with van der Waals surface area (Å²) in [5, 5.41) is 4.85. The van der Waals surface area contributed by atoms with E-state index in [1.807, 2.05) is 48.5 Å². The standard InChI is InChI=1S/C14H13ClN2O/c1-18-14-8-2-11(3-9-14)10-16-17-13-6-4-12(15)5-7-13/h2-10,17H,1H3/b16-10-. The SMILES string of the molecule is COc1ccc(/C=N\Nc2ccc(Cl)cc2)cc1. The Morgan fingerprint density at radius 1 is 1.06 bits per heavy atom. The zero-order valence-corrected chi connectivity index (χ0v) is 10.7. The molecule has 0 spiro atoms. The molecule has 0 aromatic heterocycles. The Labute approximate surface area is 111 Å². The Kier molecular flexibility index (Phi) is 4.20. The molecule has 0 radical (unpaired) electrons. The minimum Gasteiger partial charge on any atom is -0.497 e. The first kappa shape index (κ1) is 12.5. The van der Waals surface area contributed by atoms with Crippen molar-refractivity contribution in [3.05, 3.63) is 59.1 Å². The van der Waals surface area contributed by atoms with Crippen molar-refractivity contribution >= 4 is 23.5 Å². The highest BCUT2D eigenvalue weighted by molar-refractivity contribution is 6.30. The van der Waals surface area contributed by atoms with Gasteiger partial charge in [-0.25, -0.2) is 0 Å². The van der Waals surface area contributed by atoms with Crippen LogP contribution in [-0.2, 0) is 0 Å². The highest BCUT2D eigenvalue weighted by Crippen LogP contribution is 2.13. The van der Waals surface area contributed by atoms with Crippen LogP contribution in [0.3, 0.4) is 0 Å². The van der Waals surface area contributed by atoms with Crippen molar-refractivity contribution in [1.82, 2.24) is 0 Å². The number of nitrogens with zero attached hydrogens (tertiary/aromatic N) is 1. The lowest BCUT2D eigenvalue weighted by molar-refractivity contribution is 0.415. The quantitative estimate of drug-likeness (QED) is 0.670. The maximum atomic E-state index is 5.79. The van der Waals surface area contributed by atoms with Crippen molar-refractivity contribution < 1.29 is 4.74 Å². The van der Waals surface area contributed by atoms with Crippen LogP contribution in [0.25, 0.3) is 0 Å². The van der Waals surface area contributed by atoms with E-state index in [9.17, 15) is 0 Å². The third-order valence-corrected chi connectivity index (χ3v) is 2.62. The molecule has 1 N–H and O–H groups in total. The molecule has 0 aliphatic heterocycles. The van der Waals surface area contributed by atoms with Crippen LogP contribution >= 0.6 is 11.6 Å². The summed E-state index contributed by atoms with van der Waals surface area (Å²) < 4.78 is 5.08. The van der Waals surface area contributed by atoms with Gasteiger partial charge in [0.15, 0.2) is 0 Å². The summed E-state index contributed by atoms with van der Waals surface area (Å²) in [6.07, 6.45) is 1.74.